The molecule has 2 N–H and O–H groups in total. The van der Waals surface area contributed by atoms with E-state index in [0.717, 1.165) is 18.3 Å². The number of rotatable bonds is 5. The number of carbonyl (C=O) groups excluding carboxylic acids is 1. The SMILES string of the molecule is CC(=O)Nc1ccc(CNC2CCN(C3CC3)C2)cc1. The van der Waals surface area contributed by atoms with Gasteiger partial charge in [0, 0.05) is 44.3 Å². The van der Waals surface area contributed by atoms with E-state index in [2.05, 4.69) is 27.7 Å². The highest BCUT2D eigenvalue weighted by Crippen LogP contribution is 2.29. The smallest absolute Gasteiger partial charge is 0.221 e. The third-order valence-electron chi connectivity index (χ3n) is 4.15. The van der Waals surface area contributed by atoms with Gasteiger partial charge in [0.25, 0.3) is 0 Å². The number of hydrogen-bond donors (Lipinski definition) is 2. The lowest BCUT2D eigenvalue weighted by molar-refractivity contribution is -0.114. The lowest BCUT2D eigenvalue weighted by atomic mass is 10.2. The van der Waals surface area contributed by atoms with Crippen molar-refractivity contribution in [3.63, 3.8) is 0 Å². The van der Waals surface area contributed by atoms with Gasteiger partial charge in [0.05, 0.1) is 0 Å². The van der Waals surface area contributed by atoms with E-state index in [1.165, 1.54) is 44.8 Å². The van der Waals surface area contributed by atoms with Gasteiger partial charge in [-0.2, -0.15) is 0 Å². The number of hydrogen-bond acceptors (Lipinski definition) is 3. The van der Waals surface area contributed by atoms with E-state index in [4.69, 9.17) is 0 Å². The fourth-order valence-corrected chi connectivity index (χ4v) is 2.90. The maximum absolute atomic E-state index is 11.0. The Morgan fingerprint density at radius 1 is 1.25 bits per heavy atom. The molecule has 108 valence electrons. The van der Waals surface area contributed by atoms with Crippen molar-refractivity contribution in [2.45, 2.75) is 44.8 Å². The van der Waals surface area contributed by atoms with Crippen LogP contribution in [-0.4, -0.2) is 36.0 Å². The summed E-state index contributed by atoms with van der Waals surface area (Å²) in [5.41, 5.74) is 2.13. The van der Waals surface area contributed by atoms with Crippen molar-refractivity contribution in [3.8, 4) is 0 Å². The summed E-state index contributed by atoms with van der Waals surface area (Å²) in [7, 11) is 0. The second-order valence-electron chi connectivity index (χ2n) is 5.97. The molecule has 1 aliphatic carbocycles. The number of nitrogens with one attached hydrogen (secondary N) is 2. The molecule has 0 bridgehead atoms. The van der Waals surface area contributed by atoms with Gasteiger partial charge < -0.3 is 10.6 Å². The van der Waals surface area contributed by atoms with E-state index >= 15 is 0 Å². The Labute approximate surface area is 120 Å². The molecular formula is C16H23N3O. The molecule has 1 heterocycles. The summed E-state index contributed by atoms with van der Waals surface area (Å²) in [6.45, 7) is 4.89. The standard InChI is InChI=1S/C16H23N3O/c1-12(20)18-14-4-2-13(3-5-14)10-17-15-8-9-19(11-15)16-6-7-16/h2-5,15-17H,6-11H2,1H3,(H,18,20). The Morgan fingerprint density at radius 3 is 2.65 bits per heavy atom. The molecule has 0 spiro atoms. The molecule has 4 nitrogen and oxygen atoms in total. The van der Waals surface area contributed by atoms with E-state index in [1.807, 2.05) is 12.1 Å². The molecule has 1 aromatic carbocycles. The molecule has 1 aromatic rings. The summed E-state index contributed by atoms with van der Waals surface area (Å²) in [5.74, 6) is -0.0259. The molecule has 2 fully saturated rings. The molecule has 1 amide bonds. The summed E-state index contributed by atoms with van der Waals surface area (Å²) in [6.07, 6.45) is 4.06. The van der Waals surface area contributed by atoms with E-state index in [1.54, 1.807) is 0 Å². The van der Waals surface area contributed by atoms with Gasteiger partial charge in [-0.05, 0) is 37.0 Å². The van der Waals surface area contributed by atoms with Crippen LogP contribution in [0.15, 0.2) is 24.3 Å². The number of nitrogens with zero attached hydrogens (tertiary/aromatic N) is 1. The Kier molecular flexibility index (Phi) is 4.03. The molecule has 20 heavy (non-hydrogen) atoms. The zero-order chi connectivity index (χ0) is 13.9. The first-order chi connectivity index (χ1) is 9.70. The first-order valence-corrected chi connectivity index (χ1v) is 7.54. The second kappa shape index (κ2) is 5.94. The van der Waals surface area contributed by atoms with Crippen molar-refractivity contribution in [1.29, 1.82) is 0 Å². The zero-order valence-electron chi connectivity index (χ0n) is 12.1. The van der Waals surface area contributed by atoms with Crippen LogP contribution in [0.3, 0.4) is 0 Å². The third-order valence-corrected chi connectivity index (χ3v) is 4.15. The lowest BCUT2D eigenvalue weighted by Crippen LogP contribution is -2.32. The van der Waals surface area contributed by atoms with Gasteiger partial charge in [-0.25, -0.2) is 0 Å². The predicted molar refractivity (Wildman–Crippen MR) is 80.6 cm³/mol. The van der Waals surface area contributed by atoms with Gasteiger partial charge in [0.1, 0.15) is 0 Å². The first kappa shape index (κ1) is 13.6. The normalized spacial score (nSPS) is 22.9. The molecular weight excluding hydrogens is 250 g/mol. The van der Waals surface area contributed by atoms with Crippen LogP contribution in [0.2, 0.25) is 0 Å². The van der Waals surface area contributed by atoms with Crippen LogP contribution >= 0.6 is 0 Å². The summed E-state index contributed by atoms with van der Waals surface area (Å²) in [6, 6.07) is 9.59. The molecule has 1 unspecified atom stereocenters. The van der Waals surface area contributed by atoms with Gasteiger partial charge in [-0.15, -0.1) is 0 Å². The van der Waals surface area contributed by atoms with Crippen molar-refractivity contribution < 1.29 is 4.79 Å². The molecule has 1 atom stereocenters. The first-order valence-electron chi connectivity index (χ1n) is 7.54. The Hall–Kier alpha value is -1.39. The summed E-state index contributed by atoms with van der Waals surface area (Å²) in [5, 5.41) is 6.43. The van der Waals surface area contributed by atoms with Gasteiger partial charge in [0.2, 0.25) is 5.91 Å². The van der Waals surface area contributed by atoms with Crippen LogP contribution in [0.5, 0.6) is 0 Å². The summed E-state index contributed by atoms with van der Waals surface area (Å²) in [4.78, 5) is 13.6. The predicted octanol–water partition coefficient (Wildman–Crippen LogP) is 1.97. The number of amides is 1. The monoisotopic (exact) mass is 273 g/mol. The number of anilines is 1. The fraction of sp³-hybridized carbons (Fsp3) is 0.562. The third kappa shape index (κ3) is 3.58. The lowest BCUT2D eigenvalue weighted by Gasteiger charge is -2.16. The van der Waals surface area contributed by atoms with Gasteiger partial charge in [0.15, 0.2) is 0 Å². The second-order valence-corrected chi connectivity index (χ2v) is 5.97. The molecule has 4 heteroatoms. The van der Waals surface area contributed by atoms with Crippen LogP contribution in [-0.2, 0) is 11.3 Å². The van der Waals surface area contributed by atoms with E-state index < -0.39 is 0 Å². The van der Waals surface area contributed by atoms with Gasteiger partial charge >= 0.3 is 0 Å². The van der Waals surface area contributed by atoms with Gasteiger partial charge in [-0.3, -0.25) is 9.69 Å². The number of carbonyl (C=O) groups is 1. The molecule has 3 rings (SSSR count). The Balaban J connectivity index is 1.45. The van der Waals surface area contributed by atoms with E-state index in [9.17, 15) is 4.79 Å². The summed E-state index contributed by atoms with van der Waals surface area (Å²) >= 11 is 0. The molecule has 0 radical (unpaired) electrons. The highest BCUT2D eigenvalue weighted by molar-refractivity contribution is 5.88. The zero-order valence-corrected chi connectivity index (χ0v) is 12.1. The van der Waals surface area contributed by atoms with Crippen molar-refractivity contribution in [3.05, 3.63) is 29.8 Å². The van der Waals surface area contributed by atoms with Crippen LogP contribution < -0.4 is 10.6 Å². The number of likely N-dealkylation sites (tertiary alicyclic amines) is 1. The average Bonchev–Trinajstić information content (AvgIpc) is 3.17. The minimum atomic E-state index is -0.0259. The quantitative estimate of drug-likeness (QED) is 0.862. The van der Waals surface area contributed by atoms with E-state index in [-0.39, 0.29) is 5.91 Å². The van der Waals surface area contributed by atoms with Crippen molar-refractivity contribution in [1.82, 2.24) is 10.2 Å². The average molecular weight is 273 g/mol. The molecule has 2 aliphatic rings. The van der Waals surface area contributed by atoms with Crippen LogP contribution in [0.1, 0.15) is 31.7 Å². The highest BCUT2D eigenvalue weighted by atomic mass is 16.1. The van der Waals surface area contributed by atoms with Crippen molar-refractivity contribution in [2.24, 2.45) is 0 Å². The van der Waals surface area contributed by atoms with Crippen molar-refractivity contribution in [2.75, 3.05) is 18.4 Å². The minimum Gasteiger partial charge on any atom is -0.326 e. The van der Waals surface area contributed by atoms with Gasteiger partial charge in [-0.1, -0.05) is 12.1 Å². The topological polar surface area (TPSA) is 44.4 Å². The molecule has 1 saturated carbocycles. The minimum absolute atomic E-state index is 0.0259. The Bertz CT molecular complexity index is 467. The number of benzene rings is 1. The Morgan fingerprint density at radius 2 is 2.00 bits per heavy atom. The van der Waals surface area contributed by atoms with Crippen LogP contribution in [0.4, 0.5) is 5.69 Å². The maximum Gasteiger partial charge on any atom is 0.221 e. The maximum atomic E-state index is 11.0. The molecule has 0 aromatic heterocycles. The fourth-order valence-electron chi connectivity index (χ4n) is 2.90. The molecule has 1 saturated heterocycles. The van der Waals surface area contributed by atoms with Crippen LogP contribution in [0, 0.1) is 0 Å². The highest BCUT2D eigenvalue weighted by Gasteiger charge is 2.33. The van der Waals surface area contributed by atoms with Crippen LogP contribution in [0.25, 0.3) is 0 Å². The summed E-state index contributed by atoms with van der Waals surface area (Å²) < 4.78 is 0. The van der Waals surface area contributed by atoms with Crippen molar-refractivity contribution >= 4 is 11.6 Å². The molecule has 1 aliphatic heterocycles. The largest absolute Gasteiger partial charge is 0.326 e. The van der Waals surface area contributed by atoms with E-state index in [0.29, 0.717) is 6.04 Å².